The number of carboxylic acids is 1. The molecule has 0 aromatic heterocycles. The first-order valence-corrected chi connectivity index (χ1v) is 5.59. The molecule has 0 unspecified atom stereocenters. The molecule has 92 valence electrons. The predicted molar refractivity (Wildman–Crippen MR) is 65.9 cm³/mol. The molecule has 1 N–H and O–H groups in total. The monoisotopic (exact) mass is 235 g/mol. The first-order chi connectivity index (χ1) is 7.93. The second-order valence-electron chi connectivity index (χ2n) is 5.21. The Labute approximate surface area is 101 Å². The molecule has 1 saturated heterocycles. The molecule has 0 amide bonds. The number of carboxylic acid groups (broad SMARTS) is 1. The summed E-state index contributed by atoms with van der Waals surface area (Å²) in [6.07, 6.45) is 0. The van der Waals surface area contributed by atoms with Crippen LogP contribution in [0.25, 0.3) is 0 Å². The summed E-state index contributed by atoms with van der Waals surface area (Å²) in [4.78, 5) is 13.1. The number of aromatic carboxylic acids is 1. The predicted octanol–water partition coefficient (Wildman–Crippen LogP) is 2.24. The molecule has 0 aliphatic carbocycles. The van der Waals surface area contributed by atoms with Crippen LogP contribution >= 0.6 is 0 Å². The zero-order valence-corrected chi connectivity index (χ0v) is 10.4. The minimum absolute atomic E-state index is 0.296. The summed E-state index contributed by atoms with van der Waals surface area (Å²) in [5.74, 6) is -0.181. The third-order valence-electron chi connectivity index (χ3n) is 3.00. The fourth-order valence-corrected chi connectivity index (χ4v) is 2.23. The maximum atomic E-state index is 10.9. The van der Waals surface area contributed by atoms with Gasteiger partial charge in [-0.05, 0) is 23.6 Å². The molecule has 0 atom stereocenters. The average Bonchev–Trinajstić information content (AvgIpc) is 2.24. The lowest BCUT2D eigenvalue weighted by Crippen LogP contribution is -2.53. The van der Waals surface area contributed by atoms with Gasteiger partial charge in [-0.25, -0.2) is 4.79 Å². The maximum absolute atomic E-state index is 10.9. The van der Waals surface area contributed by atoms with Crippen molar-refractivity contribution in [2.24, 2.45) is 5.41 Å². The summed E-state index contributed by atoms with van der Waals surface area (Å²) in [6, 6.07) is 4.95. The quantitative estimate of drug-likeness (QED) is 0.873. The van der Waals surface area contributed by atoms with E-state index in [1.54, 1.807) is 25.3 Å². The number of hydrogen-bond donors (Lipinski definition) is 1. The van der Waals surface area contributed by atoms with Crippen molar-refractivity contribution in [1.29, 1.82) is 0 Å². The van der Waals surface area contributed by atoms with Crippen molar-refractivity contribution in [2.45, 2.75) is 13.8 Å². The van der Waals surface area contributed by atoms with Crippen molar-refractivity contribution in [3.63, 3.8) is 0 Å². The molecule has 1 aromatic rings. The summed E-state index contributed by atoms with van der Waals surface area (Å²) < 4.78 is 5.27. The van der Waals surface area contributed by atoms with E-state index in [2.05, 4.69) is 18.7 Å². The number of anilines is 1. The van der Waals surface area contributed by atoms with Gasteiger partial charge in [0, 0.05) is 13.1 Å². The van der Waals surface area contributed by atoms with Crippen LogP contribution in [0.2, 0.25) is 0 Å². The van der Waals surface area contributed by atoms with Crippen LogP contribution < -0.4 is 9.64 Å². The van der Waals surface area contributed by atoms with Gasteiger partial charge in [0.25, 0.3) is 0 Å². The third-order valence-corrected chi connectivity index (χ3v) is 3.00. The molecule has 0 bridgehead atoms. The number of carbonyl (C=O) groups is 1. The Kier molecular flexibility index (Phi) is 2.73. The Bertz CT molecular complexity index is 446. The lowest BCUT2D eigenvalue weighted by Gasteiger charge is -2.47. The number of benzene rings is 1. The van der Waals surface area contributed by atoms with Crippen molar-refractivity contribution >= 4 is 11.7 Å². The first-order valence-electron chi connectivity index (χ1n) is 5.59. The Morgan fingerprint density at radius 2 is 2.06 bits per heavy atom. The molecule has 0 radical (unpaired) electrons. The molecule has 1 aromatic carbocycles. The highest BCUT2D eigenvalue weighted by atomic mass is 16.5. The van der Waals surface area contributed by atoms with E-state index in [0.29, 0.717) is 11.0 Å². The molecule has 4 heteroatoms. The van der Waals surface area contributed by atoms with E-state index in [4.69, 9.17) is 9.84 Å². The second-order valence-corrected chi connectivity index (χ2v) is 5.21. The van der Waals surface area contributed by atoms with Crippen molar-refractivity contribution in [2.75, 3.05) is 25.1 Å². The van der Waals surface area contributed by atoms with Crippen LogP contribution in [-0.4, -0.2) is 31.3 Å². The second kappa shape index (κ2) is 3.95. The fraction of sp³-hybridized carbons (Fsp3) is 0.462. The van der Waals surface area contributed by atoms with Crippen LogP contribution in [0.4, 0.5) is 5.69 Å². The van der Waals surface area contributed by atoms with Crippen LogP contribution in [0.1, 0.15) is 24.2 Å². The summed E-state index contributed by atoms with van der Waals surface area (Å²) in [6.45, 7) is 6.23. The van der Waals surface area contributed by atoms with Crippen LogP contribution in [0.5, 0.6) is 5.75 Å². The molecule has 4 nitrogen and oxygen atoms in total. The van der Waals surface area contributed by atoms with Gasteiger partial charge in [0.05, 0.1) is 18.4 Å². The number of ether oxygens (including phenoxy) is 1. The van der Waals surface area contributed by atoms with E-state index in [-0.39, 0.29) is 0 Å². The summed E-state index contributed by atoms with van der Waals surface area (Å²) in [5, 5.41) is 8.99. The average molecular weight is 235 g/mol. The van der Waals surface area contributed by atoms with Crippen LogP contribution in [0, 0.1) is 5.41 Å². The Balaban J connectivity index is 2.31. The van der Waals surface area contributed by atoms with Gasteiger partial charge in [-0.1, -0.05) is 13.8 Å². The summed E-state index contributed by atoms with van der Waals surface area (Å²) >= 11 is 0. The molecule has 17 heavy (non-hydrogen) atoms. The zero-order valence-electron chi connectivity index (χ0n) is 10.4. The molecule has 0 saturated carbocycles. The Hall–Kier alpha value is -1.71. The lowest BCUT2D eigenvalue weighted by atomic mass is 9.84. The molecule has 1 fully saturated rings. The molecule has 2 rings (SSSR count). The highest BCUT2D eigenvalue weighted by Gasteiger charge is 2.35. The van der Waals surface area contributed by atoms with Crippen molar-refractivity contribution in [1.82, 2.24) is 0 Å². The molecule has 1 heterocycles. The lowest BCUT2D eigenvalue weighted by molar-refractivity contribution is 0.0697. The largest absolute Gasteiger partial charge is 0.495 e. The van der Waals surface area contributed by atoms with Gasteiger partial charge >= 0.3 is 5.97 Å². The van der Waals surface area contributed by atoms with Crippen molar-refractivity contribution in [3.05, 3.63) is 23.8 Å². The SMILES string of the molecule is COc1ccc(C(=O)O)cc1N1CC(C)(C)C1. The Morgan fingerprint density at radius 1 is 1.41 bits per heavy atom. The van der Waals surface area contributed by atoms with E-state index in [0.717, 1.165) is 24.5 Å². The van der Waals surface area contributed by atoms with Gasteiger partial charge in [0.15, 0.2) is 0 Å². The molecule has 1 aliphatic rings. The van der Waals surface area contributed by atoms with Gasteiger partial charge in [-0.15, -0.1) is 0 Å². The topological polar surface area (TPSA) is 49.8 Å². The minimum Gasteiger partial charge on any atom is -0.495 e. The highest BCUT2D eigenvalue weighted by Crippen LogP contribution is 2.38. The van der Waals surface area contributed by atoms with E-state index >= 15 is 0 Å². The first kappa shape index (κ1) is 11.8. The van der Waals surface area contributed by atoms with Crippen molar-refractivity contribution in [3.8, 4) is 5.75 Å². The normalized spacial score (nSPS) is 17.5. The summed E-state index contributed by atoms with van der Waals surface area (Å²) in [7, 11) is 1.60. The highest BCUT2D eigenvalue weighted by molar-refractivity contribution is 5.89. The Morgan fingerprint density at radius 3 is 2.53 bits per heavy atom. The molecular weight excluding hydrogens is 218 g/mol. The third kappa shape index (κ3) is 2.20. The number of nitrogens with zero attached hydrogens (tertiary/aromatic N) is 1. The molecule has 0 spiro atoms. The van der Waals surface area contributed by atoms with Gasteiger partial charge in [0.1, 0.15) is 5.75 Å². The van der Waals surface area contributed by atoms with E-state index < -0.39 is 5.97 Å². The van der Waals surface area contributed by atoms with Gasteiger partial charge in [0.2, 0.25) is 0 Å². The fourth-order valence-electron chi connectivity index (χ4n) is 2.23. The van der Waals surface area contributed by atoms with E-state index in [1.165, 1.54) is 0 Å². The van der Waals surface area contributed by atoms with Crippen LogP contribution in [-0.2, 0) is 0 Å². The number of hydrogen-bond acceptors (Lipinski definition) is 3. The number of rotatable bonds is 3. The zero-order chi connectivity index (χ0) is 12.6. The minimum atomic E-state index is -0.909. The smallest absolute Gasteiger partial charge is 0.335 e. The standard InChI is InChI=1S/C13H17NO3/c1-13(2)7-14(8-13)10-6-9(12(15)16)4-5-11(10)17-3/h4-6H,7-8H2,1-3H3,(H,15,16). The van der Waals surface area contributed by atoms with Gasteiger partial charge in [-0.2, -0.15) is 0 Å². The summed E-state index contributed by atoms with van der Waals surface area (Å²) in [5.41, 5.74) is 1.46. The van der Waals surface area contributed by atoms with Crippen LogP contribution in [0.15, 0.2) is 18.2 Å². The van der Waals surface area contributed by atoms with E-state index in [9.17, 15) is 4.79 Å². The van der Waals surface area contributed by atoms with Gasteiger partial charge < -0.3 is 14.7 Å². The van der Waals surface area contributed by atoms with Gasteiger partial charge in [-0.3, -0.25) is 0 Å². The maximum Gasteiger partial charge on any atom is 0.335 e. The van der Waals surface area contributed by atoms with Crippen molar-refractivity contribution < 1.29 is 14.6 Å². The number of methoxy groups -OCH3 is 1. The molecule has 1 aliphatic heterocycles. The molecular formula is C13H17NO3. The van der Waals surface area contributed by atoms with E-state index in [1.807, 2.05) is 0 Å². The van der Waals surface area contributed by atoms with Crippen LogP contribution in [0.3, 0.4) is 0 Å².